The van der Waals surface area contributed by atoms with Gasteiger partial charge in [-0.2, -0.15) is 0 Å². The lowest BCUT2D eigenvalue weighted by atomic mass is 9.49. The van der Waals surface area contributed by atoms with E-state index in [0.29, 0.717) is 11.5 Å². The predicted octanol–water partition coefficient (Wildman–Crippen LogP) is 3.82. The smallest absolute Gasteiger partial charge is 0.317 e. The average molecular weight is 286 g/mol. The number of hydrogen-bond acceptors (Lipinski definition) is 3. The van der Waals surface area contributed by atoms with Crippen LogP contribution in [-0.4, -0.2) is 13.1 Å². The zero-order chi connectivity index (χ0) is 14.4. The molecule has 0 radical (unpaired) electrons. The summed E-state index contributed by atoms with van der Waals surface area (Å²) in [5.41, 5.74) is -0.213. The summed E-state index contributed by atoms with van der Waals surface area (Å²) < 4.78 is 11.0. The SMILES string of the molecule is COc1ccccc1OC(=O)C12CC3CC(CC(C3)C1)C2. The molecule has 0 atom stereocenters. The number of esters is 1. The summed E-state index contributed by atoms with van der Waals surface area (Å²) in [5, 5.41) is 0. The van der Waals surface area contributed by atoms with Gasteiger partial charge in [0.15, 0.2) is 11.5 Å². The monoisotopic (exact) mass is 286 g/mol. The van der Waals surface area contributed by atoms with Crippen LogP contribution in [0.25, 0.3) is 0 Å². The van der Waals surface area contributed by atoms with Gasteiger partial charge in [0, 0.05) is 0 Å². The molecule has 3 nitrogen and oxygen atoms in total. The van der Waals surface area contributed by atoms with Crippen LogP contribution < -0.4 is 9.47 Å². The van der Waals surface area contributed by atoms with Crippen molar-refractivity contribution < 1.29 is 14.3 Å². The van der Waals surface area contributed by atoms with Gasteiger partial charge in [-0.15, -0.1) is 0 Å². The van der Waals surface area contributed by atoms with Crippen LogP contribution in [0.2, 0.25) is 0 Å². The third-order valence-electron chi connectivity index (χ3n) is 5.74. The molecule has 3 heteroatoms. The highest BCUT2D eigenvalue weighted by Gasteiger charge is 2.55. The maximum atomic E-state index is 12.9. The van der Waals surface area contributed by atoms with Crippen LogP contribution in [-0.2, 0) is 4.79 Å². The molecule has 4 bridgehead atoms. The van der Waals surface area contributed by atoms with E-state index in [-0.39, 0.29) is 11.4 Å². The molecule has 0 aliphatic heterocycles. The first kappa shape index (κ1) is 13.2. The lowest BCUT2D eigenvalue weighted by Gasteiger charge is -2.55. The Morgan fingerprint density at radius 3 is 2.05 bits per heavy atom. The second kappa shape index (κ2) is 4.75. The molecule has 1 aromatic carbocycles. The molecule has 0 unspecified atom stereocenters. The molecule has 4 aliphatic rings. The second-order valence-electron chi connectivity index (χ2n) is 7.24. The zero-order valence-electron chi connectivity index (χ0n) is 12.5. The van der Waals surface area contributed by atoms with Crippen molar-refractivity contribution in [1.82, 2.24) is 0 Å². The number of para-hydroxylation sites is 2. The summed E-state index contributed by atoms with van der Waals surface area (Å²) in [4.78, 5) is 12.9. The minimum atomic E-state index is -0.213. The first-order chi connectivity index (χ1) is 10.2. The van der Waals surface area contributed by atoms with E-state index < -0.39 is 0 Å². The fraction of sp³-hybridized carbons (Fsp3) is 0.611. The van der Waals surface area contributed by atoms with Gasteiger partial charge in [0.2, 0.25) is 0 Å². The molecule has 112 valence electrons. The van der Waals surface area contributed by atoms with Crippen molar-refractivity contribution in [3.63, 3.8) is 0 Å². The number of benzene rings is 1. The van der Waals surface area contributed by atoms with Gasteiger partial charge in [0.05, 0.1) is 12.5 Å². The Labute approximate surface area is 125 Å². The molecule has 5 rings (SSSR count). The fourth-order valence-electron chi connectivity index (χ4n) is 5.27. The maximum absolute atomic E-state index is 12.9. The van der Waals surface area contributed by atoms with Crippen LogP contribution in [0.3, 0.4) is 0 Å². The first-order valence-corrected chi connectivity index (χ1v) is 8.04. The van der Waals surface area contributed by atoms with E-state index in [1.54, 1.807) is 7.11 Å². The van der Waals surface area contributed by atoms with Crippen LogP contribution >= 0.6 is 0 Å². The Balaban J connectivity index is 1.57. The molecule has 0 amide bonds. The highest BCUT2D eigenvalue weighted by atomic mass is 16.6. The number of ether oxygens (including phenoxy) is 2. The average Bonchev–Trinajstić information content (AvgIpc) is 2.46. The summed E-state index contributed by atoms with van der Waals surface area (Å²) in [7, 11) is 1.61. The van der Waals surface area contributed by atoms with E-state index in [9.17, 15) is 4.79 Å². The standard InChI is InChI=1S/C18H22O3/c1-20-15-4-2-3-5-16(15)21-17(19)18-9-12-6-13(10-18)8-14(7-12)11-18/h2-5,12-14H,6-11H2,1H3. The molecule has 0 aromatic heterocycles. The van der Waals surface area contributed by atoms with Crippen LogP contribution in [0.1, 0.15) is 38.5 Å². The van der Waals surface area contributed by atoms with Crippen LogP contribution in [0.15, 0.2) is 24.3 Å². The highest BCUT2D eigenvalue weighted by molar-refractivity contribution is 5.80. The van der Waals surface area contributed by atoms with Gasteiger partial charge in [-0.3, -0.25) is 4.79 Å². The quantitative estimate of drug-likeness (QED) is 0.626. The predicted molar refractivity (Wildman–Crippen MR) is 79.2 cm³/mol. The summed E-state index contributed by atoms with van der Waals surface area (Å²) >= 11 is 0. The summed E-state index contributed by atoms with van der Waals surface area (Å²) in [6, 6.07) is 7.42. The van der Waals surface area contributed by atoms with E-state index in [2.05, 4.69) is 0 Å². The van der Waals surface area contributed by atoms with E-state index in [1.165, 1.54) is 19.3 Å². The van der Waals surface area contributed by atoms with E-state index in [0.717, 1.165) is 37.0 Å². The van der Waals surface area contributed by atoms with E-state index >= 15 is 0 Å². The third-order valence-corrected chi connectivity index (χ3v) is 5.74. The lowest BCUT2D eigenvalue weighted by Crippen LogP contribution is -2.51. The zero-order valence-corrected chi connectivity index (χ0v) is 12.5. The van der Waals surface area contributed by atoms with Crippen molar-refractivity contribution in [1.29, 1.82) is 0 Å². The van der Waals surface area contributed by atoms with Gasteiger partial charge < -0.3 is 9.47 Å². The van der Waals surface area contributed by atoms with Crippen LogP contribution in [0.5, 0.6) is 11.5 Å². The third kappa shape index (κ3) is 2.14. The van der Waals surface area contributed by atoms with Crippen molar-refractivity contribution >= 4 is 5.97 Å². The number of rotatable bonds is 3. The van der Waals surface area contributed by atoms with E-state index in [4.69, 9.17) is 9.47 Å². The number of carbonyl (C=O) groups is 1. The largest absolute Gasteiger partial charge is 0.493 e. The Hall–Kier alpha value is -1.51. The minimum Gasteiger partial charge on any atom is -0.493 e. The molecule has 21 heavy (non-hydrogen) atoms. The number of hydrogen-bond donors (Lipinski definition) is 0. The summed E-state index contributed by atoms with van der Waals surface area (Å²) in [6.07, 6.45) is 7.11. The van der Waals surface area contributed by atoms with Crippen molar-refractivity contribution in [3.8, 4) is 11.5 Å². The minimum absolute atomic E-state index is 0.0221. The molecule has 0 saturated heterocycles. The molecule has 4 fully saturated rings. The van der Waals surface area contributed by atoms with Gasteiger partial charge in [-0.05, 0) is 68.4 Å². The lowest BCUT2D eigenvalue weighted by molar-refractivity contribution is -0.161. The molecule has 4 aliphatic carbocycles. The molecular formula is C18H22O3. The molecule has 1 aromatic rings. The van der Waals surface area contributed by atoms with Crippen molar-refractivity contribution in [2.45, 2.75) is 38.5 Å². The van der Waals surface area contributed by atoms with Gasteiger partial charge in [0.25, 0.3) is 0 Å². The topological polar surface area (TPSA) is 35.5 Å². The first-order valence-electron chi connectivity index (χ1n) is 8.04. The summed E-state index contributed by atoms with van der Waals surface area (Å²) in [6.45, 7) is 0. The fourth-order valence-corrected chi connectivity index (χ4v) is 5.27. The van der Waals surface area contributed by atoms with Gasteiger partial charge >= 0.3 is 5.97 Å². The summed E-state index contributed by atoms with van der Waals surface area (Å²) in [5.74, 6) is 3.42. The molecule has 0 heterocycles. The molecule has 0 spiro atoms. The Kier molecular flexibility index (Phi) is 2.98. The van der Waals surface area contributed by atoms with Crippen LogP contribution in [0, 0.1) is 23.2 Å². The molecule has 4 saturated carbocycles. The van der Waals surface area contributed by atoms with Gasteiger partial charge in [0.1, 0.15) is 0 Å². The van der Waals surface area contributed by atoms with Crippen molar-refractivity contribution in [2.24, 2.45) is 23.2 Å². The van der Waals surface area contributed by atoms with Gasteiger partial charge in [-0.25, -0.2) is 0 Å². The maximum Gasteiger partial charge on any atom is 0.317 e. The second-order valence-corrected chi connectivity index (χ2v) is 7.24. The van der Waals surface area contributed by atoms with Crippen molar-refractivity contribution in [2.75, 3.05) is 7.11 Å². The normalized spacial score (nSPS) is 36.5. The molecule has 0 N–H and O–H groups in total. The van der Waals surface area contributed by atoms with Crippen LogP contribution in [0.4, 0.5) is 0 Å². The molecular weight excluding hydrogens is 264 g/mol. The van der Waals surface area contributed by atoms with Crippen molar-refractivity contribution in [3.05, 3.63) is 24.3 Å². The number of carbonyl (C=O) groups excluding carboxylic acids is 1. The van der Waals surface area contributed by atoms with E-state index in [1.807, 2.05) is 24.3 Å². The number of methoxy groups -OCH3 is 1. The Bertz CT molecular complexity index is 528. The van der Waals surface area contributed by atoms with Gasteiger partial charge in [-0.1, -0.05) is 12.1 Å². The Morgan fingerprint density at radius 2 is 1.52 bits per heavy atom. The highest BCUT2D eigenvalue weighted by Crippen LogP contribution is 2.60. The Morgan fingerprint density at radius 1 is 1.00 bits per heavy atom.